The molecule has 0 radical (unpaired) electrons. The summed E-state index contributed by atoms with van der Waals surface area (Å²) in [4.78, 5) is 7.96. The normalized spacial score (nSPS) is 11.1. The van der Waals surface area contributed by atoms with Crippen LogP contribution in [0.5, 0.6) is 5.75 Å². The molecule has 0 saturated heterocycles. The van der Waals surface area contributed by atoms with Gasteiger partial charge in [-0.3, -0.25) is 0 Å². The number of benzene rings is 2. The Bertz CT molecular complexity index is 1200. The van der Waals surface area contributed by atoms with Gasteiger partial charge in [-0.15, -0.1) is 0 Å². The Morgan fingerprint density at radius 3 is 2.72 bits per heavy atom. The molecule has 29 heavy (non-hydrogen) atoms. The van der Waals surface area contributed by atoms with Crippen LogP contribution in [0, 0.1) is 11.3 Å². The summed E-state index contributed by atoms with van der Waals surface area (Å²) in [5.74, 6) is 1.43. The molecule has 6 nitrogen and oxygen atoms in total. The van der Waals surface area contributed by atoms with Gasteiger partial charge in [0.1, 0.15) is 11.8 Å². The molecule has 0 unspecified atom stereocenters. The van der Waals surface area contributed by atoms with Crippen molar-refractivity contribution in [3.63, 3.8) is 0 Å². The third kappa shape index (κ3) is 3.85. The number of hydrogen-bond donors (Lipinski definition) is 1. The van der Waals surface area contributed by atoms with E-state index in [9.17, 15) is 5.26 Å². The molecule has 6 heteroatoms. The van der Waals surface area contributed by atoms with Crippen molar-refractivity contribution in [3.8, 4) is 34.7 Å². The highest BCUT2D eigenvalue weighted by atomic mass is 16.5. The first-order chi connectivity index (χ1) is 14.1. The Morgan fingerprint density at radius 2 is 1.97 bits per heavy atom. The summed E-state index contributed by atoms with van der Waals surface area (Å²) in [5, 5.41) is 14.7. The van der Waals surface area contributed by atoms with E-state index in [0.29, 0.717) is 28.6 Å². The molecule has 0 atom stereocenters. The van der Waals surface area contributed by atoms with Crippen molar-refractivity contribution in [2.24, 2.45) is 0 Å². The van der Waals surface area contributed by atoms with E-state index in [-0.39, 0.29) is 6.10 Å². The first-order valence-electron chi connectivity index (χ1n) is 9.74. The maximum Gasteiger partial charge on any atom is 0.258 e. The Morgan fingerprint density at radius 1 is 1.14 bits per heavy atom. The lowest BCUT2D eigenvalue weighted by molar-refractivity contribution is 0.242. The maximum atomic E-state index is 9.43. The second-order valence-electron chi connectivity index (χ2n) is 7.26. The van der Waals surface area contributed by atoms with E-state index in [1.54, 1.807) is 12.1 Å². The molecule has 4 aromatic rings. The molecule has 0 aliphatic heterocycles. The Hall–Kier alpha value is -3.59. The molecule has 2 heterocycles. The van der Waals surface area contributed by atoms with Gasteiger partial charge in [-0.05, 0) is 62.7 Å². The minimum Gasteiger partial charge on any atom is -0.490 e. The molecule has 0 fully saturated rings. The van der Waals surface area contributed by atoms with Gasteiger partial charge in [-0.25, -0.2) is 0 Å². The molecule has 0 bridgehead atoms. The maximum absolute atomic E-state index is 9.43. The van der Waals surface area contributed by atoms with E-state index in [4.69, 9.17) is 9.26 Å². The summed E-state index contributed by atoms with van der Waals surface area (Å²) in [5.41, 5.74) is 4.33. The van der Waals surface area contributed by atoms with Gasteiger partial charge in [-0.2, -0.15) is 10.2 Å². The van der Waals surface area contributed by atoms with Crippen LogP contribution >= 0.6 is 0 Å². The lowest BCUT2D eigenvalue weighted by Gasteiger charge is -2.11. The van der Waals surface area contributed by atoms with Crippen LogP contribution in [0.3, 0.4) is 0 Å². The number of ether oxygens (including phenoxy) is 1. The van der Waals surface area contributed by atoms with Gasteiger partial charge in [0, 0.05) is 27.7 Å². The third-order valence-electron chi connectivity index (χ3n) is 4.59. The van der Waals surface area contributed by atoms with Crippen LogP contribution in [0.2, 0.25) is 0 Å². The zero-order valence-electron chi connectivity index (χ0n) is 16.7. The van der Waals surface area contributed by atoms with Crippen LogP contribution in [-0.2, 0) is 6.42 Å². The van der Waals surface area contributed by atoms with E-state index in [1.807, 2.05) is 32.0 Å². The second-order valence-corrected chi connectivity index (χ2v) is 7.26. The van der Waals surface area contributed by atoms with Crippen molar-refractivity contribution in [1.29, 1.82) is 5.26 Å². The standard InChI is InChI=1S/C23H22N4O2/c1-4-5-19-12-17-10-15(6-8-20(17)25-19)22-26-23(29-27-22)16-7-9-21(28-14(2)3)18(11-16)13-24/h6-12,14,25H,4-5H2,1-3H3. The average Bonchev–Trinajstić information content (AvgIpc) is 3.34. The van der Waals surface area contributed by atoms with Crippen molar-refractivity contribution < 1.29 is 9.26 Å². The minimum absolute atomic E-state index is 0.0100. The zero-order valence-corrected chi connectivity index (χ0v) is 16.7. The van der Waals surface area contributed by atoms with Crippen molar-refractivity contribution in [1.82, 2.24) is 15.1 Å². The molecule has 0 spiro atoms. The van der Waals surface area contributed by atoms with Gasteiger partial charge in [-0.1, -0.05) is 18.5 Å². The molecule has 0 aliphatic carbocycles. The SMILES string of the molecule is CCCc1cc2cc(-c3noc(-c4ccc(OC(C)C)c(C#N)c4)n3)ccc2[nH]1. The molecule has 0 amide bonds. The Kier molecular flexibility index (Phi) is 5.05. The third-order valence-corrected chi connectivity index (χ3v) is 4.59. The van der Waals surface area contributed by atoms with Gasteiger partial charge in [0.25, 0.3) is 5.89 Å². The number of aryl methyl sites for hydroxylation is 1. The van der Waals surface area contributed by atoms with Gasteiger partial charge < -0.3 is 14.2 Å². The highest BCUT2D eigenvalue weighted by molar-refractivity contribution is 5.85. The molecule has 2 aromatic heterocycles. The van der Waals surface area contributed by atoms with Gasteiger partial charge in [0.15, 0.2) is 0 Å². The zero-order chi connectivity index (χ0) is 20.4. The predicted molar refractivity (Wildman–Crippen MR) is 112 cm³/mol. The van der Waals surface area contributed by atoms with E-state index in [1.165, 1.54) is 5.69 Å². The molecule has 0 aliphatic rings. The number of aromatic nitrogens is 3. The summed E-state index contributed by atoms with van der Waals surface area (Å²) in [7, 11) is 0. The van der Waals surface area contributed by atoms with Gasteiger partial charge in [0.05, 0.1) is 11.7 Å². The number of nitrogens with one attached hydrogen (secondary N) is 1. The molecule has 0 saturated carbocycles. The van der Waals surface area contributed by atoms with E-state index < -0.39 is 0 Å². The number of hydrogen-bond acceptors (Lipinski definition) is 5. The van der Waals surface area contributed by atoms with E-state index in [2.05, 4.69) is 40.3 Å². The lowest BCUT2D eigenvalue weighted by Crippen LogP contribution is -2.06. The summed E-state index contributed by atoms with van der Waals surface area (Å²) >= 11 is 0. The second kappa shape index (κ2) is 7.80. The summed E-state index contributed by atoms with van der Waals surface area (Å²) < 4.78 is 11.1. The fourth-order valence-electron chi connectivity index (χ4n) is 3.30. The van der Waals surface area contributed by atoms with Crippen molar-refractivity contribution in [3.05, 3.63) is 53.7 Å². The highest BCUT2D eigenvalue weighted by Crippen LogP contribution is 2.29. The molecule has 4 rings (SSSR count). The molecule has 1 N–H and O–H groups in total. The monoisotopic (exact) mass is 386 g/mol. The smallest absolute Gasteiger partial charge is 0.258 e. The quantitative estimate of drug-likeness (QED) is 0.473. The largest absolute Gasteiger partial charge is 0.490 e. The lowest BCUT2D eigenvalue weighted by atomic mass is 10.1. The molecular weight excluding hydrogens is 364 g/mol. The van der Waals surface area contributed by atoms with E-state index >= 15 is 0 Å². The van der Waals surface area contributed by atoms with Gasteiger partial charge >= 0.3 is 0 Å². The van der Waals surface area contributed by atoms with Gasteiger partial charge in [0.2, 0.25) is 5.82 Å². The number of H-pyrrole nitrogens is 1. The van der Waals surface area contributed by atoms with Crippen LogP contribution in [0.4, 0.5) is 0 Å². The fraction of sp³-hybridized carbons (Fsp3) is 0.261. The predicted octanol–water partition coefficient (Wildman–Crippen LogP) is 5.50. The summed E-state index contributed by atoms with van der Waals surface area (Å²) in [6.07, 6.45) is 2.11. The highest BCUT2D eigenvalue weighted by Gasteiger charge is 2.14. The van der Waals surface area contributed by atoms with Crippen LogP contribution in [0.25, 0.3) is 33.7 Å². The van der Waals surface area contributed by atoms with Crippen LogP contribution in [-0.4, -0.2) is 21.2 Å². The summed E-state index contributed by atoms with van der Waals surface area (Å²) in [6, 6.07) is 15.7. The van der Waals surface area contributed by atoms with Crippen LogP contribution in [0.1, 0.15) is 38.4 Å². The molecule has 146 valence electrons. The topological polar surface area (TPSA) is 87.7 Å². The first-order valence-corrected chi connectivity index (χ1v) is 9.74. The number of rotatable bonds is 6. The first kappa shape index (κ1) is 18.8. The van der Waals surface area contributed by atoms with Crippen molar-refractivity contribution in [2.75, 3.05) is 0 Å². The molecule has 2 aromatic carbocycles. The van der Waals surface area contributed by atoms with Crippen LogP contribution in [0.15, 0.2) is 47.0 Å². The fourth-order valence-corrected chi connectivity index (χ4v) is 3.30. The van der Waals surface area contributed by atoms with Crippen molar-refractivity contribution in [2.45, 2.75) is 39.7 Å². The molecular formula is C23H22N4O2. The van der Waals surface area contributed by atoms with Crippen LogP contribution < -0.4 is 4.74 Å². The van der Waals surface area contributed by atoms with E-state index in [0.717, 1.165) is 29.3 Å². The number of nitriles is 1. The number of fused-ring (bicyclic) bond motifs is 1. The minimum atomic E-state index is -0.0100. The number of nitrogens with zero attached hydrogens (tertiary/aromatic N) is 3. The Balaban J connectivity index is 1.64. The average molecular weight is 386 g/mol. The van der Waals surface area contributed by atoms with Crippen molar-refractivity contribution >= 4 is 10.9 Å². The Labute approximate surface area is 169 Å². The number of aromatic amines is 1. The summed E-state index contributed by atoms with van der Waals surface area (Å²) in [6.45, 7) is 6.01.